The SMILES string of the molecule is CCc1ccc(N(c2ccccc2)c2ccc3ccc4c(N(c5ccccc5)c5ccc(CC(F)(F)F)cc5)ccc5ccc2c3c54)cc1. The van der Waals surface area contributed by atoms with E-state index in [1.54, 1.807) is 24.3 Å². The largest absolute Gasteiger partial charge is 0.393 e. The molecule has 8 aromatic rings. The molecule has 49 heavy (non-hydrogen) atoms. The molecule has 0 aliphatic carbocycles. The summed E-state index contributed by atoms with van der Waals surface area (Å²) < 4.78 is 39.6. The number of nitrogens with zero attached hydrogens (tertiary/aromatic N) is 2. The second-order valence-corrected chi connectivity index (χ2v) is 12.4. The molecule has 0 aliphatic heterocycles. The predicted molar refractivity (Wildman–Crippen MR) is 199 cm³/mol. The predicted octanol–water partition coefficient (Wildman–Crippen LogP) is 13.2. The molecule has 0 aliphatic rings. The Morgan fingerprint density at radius 1 is 0.429 bits per heavy atom. The Morgan fingerprint density at radius 2 is 0.816 bits per heavy atom. The van der Waals surface area contributed by atoms with Gasteiger partial charge in [0.1, 0.15) is 0 Å². The Labute approximate surface area is 283 Å². The summed E-state index contributed by atoms with van der Waals surface area (Å²) in [4.78, 5) is 4.46. The van der Waals surface area contributed by atoms with Gasteiger partial charge in [-0.25, -0.2) is 0 Å². The zero-order valence-corrected chi connectivity index (χ0v) is 27.0. The minimum absolute atomic E-state index is 0.236. The van der Waals surface area contributed by atoms with E-state index < -0.39 is 12.6 Å². The van der Waals surface area contributed by atoms with Crippen molar-refractivity contribution in [3.05, 3.63) is 169 Å². The van der Waals surface area contributed by atoms with Gasteiger partial charge < -0.3 is 9.80 Å². The van der Waals surface area contributed by atoms with Crippen LogP contribution in [0.5, 0.6) is 0 Å². The first kappa shape index (κ1) is 30.5. The van der Waals surface area contributed by atoms with Crippen molar-refractivity contribution in [1.82, 2.24) is 0 Å². The fourth-order valence-electron chi connectivity index (χ4n) is 7.04. The minimum atomic E-state index is -4.26. The molecule has 0 spiro atoms. The third-order valence-electron chi connectivity index (χ3n) is 9.33. The Bertz CT molecular complexity index is 2370. The van der Waals surface area contributed by atoms with Gasteiger partial charge in [0.15, 0.2) is 0 Å². The zero-order valence-electron chi connectivity index (χ0n) is 27.0. The van der Waals surface area contributed by atoms with Gasteiger partial charge in [0.05, 0.1) is 17.8 Å². The standard InChI is InChI=1S/C44H33F3N2/c1-2-30-13-21-36(22-14-30)48(34-9-5-3-6-10-34)40-27-19-32-18-26-39-41(28-20-33-17-25-38(40)42(32)43(33)39)49(35-11-7-4-8-12-35)37-23-15-31(16-24-37)29-44(45,46)47/h3-28H,2,29H2,1H3. The first-order chi connectivity index (χ1) is 23.9. The summed E-state index contributed by atoms with van der Waals surface area (Å²) in [5.41, 5.74) is 7.44. The van der Waals surface area contributed by atoms with Crippen molar-refractivity contribution < 1.29 is 13.2 Å². The van der Waals surface area contributed by atoms with Gasteiger partial charge in [-0.05, 0) is 99.8 Å². The lowest BCUT2D eigenvalue weighted by molar-refractivity contribution is -0.127. The summed E-state index contributed by atoms with van der Waals surface area (Å²) >= 11 is 0. The van der Waals surface area contributed by atoms with E-state index in [0.717, 1.165) is 67.5 Å². The van der Waals surface area contributed by atoms with Crippen molar-refractivity contribution in [1.29, 1.82) is 0 Å². The summed E-state index contributed by atoms with van der Waals surface area (Å²) in [5.74, 6) is 0. The van der Waals surface area contributed by atoms with Crippen LogP contribution in [0.25, 0.3) is 32.3 Å². The fourth-order valence-corrected chi connectivity index (χ4v) is 7.04. The zero-order chi connectivity index (χ0) is 33.5. The van der Waals surface area contributed by atoms with E-state index in [1.165, 1.54) is 10.9 Å². The van der Waals surface area contributed by atoms with E-state index >= 15 is 0 Å². The lowest BCUT2D eigenvalue weighted by Crippen LogP contribution is -2.13. The quantitative estimate of drug-likeness (QED) is 0.152. The first-order valence-corrected chi connectivity index (χ1v) is 16.5. The Kier molecular flexibility index (Phi) is 7.68. The molecule has 0 aromatic heterocycles. The smallest absolute Gasteiger partial charge is 0.310 e. The molecular weight excluding hydrogens is 613 g/mol. The van der Waals surface area contributed by atoms with E-state index in [1.807, 2.05) is 36.4 Å². The van der Waals surface area contributed by atoms with Crippen molar-refractivity contribution >= 4 is 66.4 Å². The van der Waals surface area contributed by atoms with Crippen LogP contribution in [0.1, 0.15) is 18.1 Å². The average Bonchev–Trinajstić information content (AvgIpc) is 3.13. The summed E-state index contributed by atoms with van der Waals surface area (Å²) in [5, 5.41) is 6.80. The number of hydrogen-bond acceptors (Lipinski definition) is 2. The van der Waals surface area contributed by atoms with Crippen molar-refractivity contribution in [3.63, 3.8) is 0 Å². The highest BCUT2D eigenvalue weighted by molar-refractivity contribution is 6.28. The molecule has 0 radical (unpaired) electrons. The van der Waals surface area contributed by atoms with Crippen LogP contribution in [0.15, 0.2) is 158 Å². The molecule has 2 nitrogen and oxygen atoms in total. The molecule has 0 unspecified atom stereocenters. The maximum atomic E-state index is 13.2. The Hall–Kier alpha value is -5.81. The molecule has 5 heteroatoms. The lowest BCUT2D eigenvalue weighted by atomic mass is 9.91. The first-order valence-electron chi connectivity index (χ1n) is 16.5. The van der Waals surface area contributed by atoms with E-state index in [2.05, 4.69) is 114 Å². The summed E-state index contributed by atoms with van der Waals surface area (Å²) in [6.07, 6.45) is -4.24. The van der Waals surface area contributed by atoms with Gasteiger partial charge in [0, 0.05) is 33.5 Å². The maximum Gasteiger partial charge on any atom is 0.393 e. The molecule has 240 valence electrons. The molecule has 0 saturated carbocycles. The van der Waals surface area contributed by atoms with E-state index in [0.29, 0.717) is 0 Å². The van der Waals surface area contributed by atoms with Crippen LogP contribution in [0, 0.1) is 0 Å². The van der Waals surface area contributed by atoms with Crippen LogP contribution >= 0.6 is 0 Å². The normalized spacial score (nSPS) is 11.8. The van der Waals surface area contributed by atoms with Crippen LogP contribution in [0.2, 0.25) is 0 Å². The van der Waals surface area contributed by atoms with Gasteiger partial charge in [-0.2, -0.15) is 13.2 Å². The highest BCUT2D eigenvalue weighted by Gasteiger charge is 2.28. The van der Waals surface area contributed by atoms with Crippen molar-refractivity contribution in [2.75, 3.05) is 9.80 Å². The van der Waals surface area contributed by atoms with Crippen LogP contribution < -0.4 is 9.80 Å². The van der Waals surface area contributed by atoms with Gasteiger partial charge in [0.2, 0.25) is 0 Å². The second kappa shape index (κ2) is 12.3. The third kappa shape index (κ3) is 5.72. The van der Waals surface area contributed by atoms with Crippen molar-refractivity contribution in [3.8, 4) is 0 Å². The Morgan fingerprint density at radius 3 is 1.22 bits per heavy atom. The van der Waals surface area contributed by atoms with Crippen molar-refractivity contribution in [2.45, 2.75) is 25.9 Å². The summed E-state index contributed by atoms with van der Waals surface area (Å²) in [6.45, 7) is 2.17. The molecule has 0 saturated heterocycles. The number of rotatable bonds is 8. The molecule has 0 fully saturated rings. The fraction of sp³-hybridized carbons (Fsp3) is 0.0909. The number of hydrogen-bond donors (Lipinski definition) is 0. The molecule has 8 rings (SSSR count). The highest BCUT2D eigenvalue weighted by atomic mass is 19.4. The number of para-hydroxylation sites is 2. The number of aryl methyl sites for hydroxylation is 1. The van der Waals surface area contributed by atoms with Gasteiger partial charge >= 0.3 is 6.18 Å². The maximum absolute atomic E-state index is 13.2. The van der Waals surface area contributed by atoms with Crippen LogP contribution in [-0.4, -0.2) is 6.18 Å². The summed E-state index contributed by atoms with van der Waals surface area (Å²) in [6, 6.07) is 53.4. The molecule has 0 heterocycles. The van der Waals surface area contributed by atoms with E-state index in [9.17, 15) is 13.2 Å². The summed E-state index contributed by atoms with van der Waals surface area (Å²) in [7, 11) is 0. The molecule has 0 atom stereocenters. The van der Waals surface area contributed by atoms with Gasteiger partial charge in [-0.1, -0.05) is 104 Å². The molecule has 0 amide bonds. The second-order valence-electron chi connectivity index (χ2n) is 12.4. The molecule has 8 aromatic carbocycles. The molecular formula is C44H33F3N2. The van der Waals surface area contributed by atoms with Crippen LogP contribution in [0.3, 0.4) is 0 Å². The van der Waals surface area contributed by atoms with E-state index in [-0.39, 0.29) is 5.56 Å². The Balaban J connectivity index is 1.34. The molecule has 0 N–H and O–H groups in total. The number of alkyl halides is 3. The lowest BCUT2D eigenvalue weighted by Gasteiger charge is -2.29. The average molecular weight is 647 g/mol. The minimum Gasteiger partial charge on any atom is -0.310 e. The number of halogens is 3. The number of benzene rings is 8. The highest BCUT2D eigenvalue weighted by Crippen LogP contribution is 2.47. The van der Waals surface area contributed by atoms with E-state index in [4.69, 9.17) is 0 Å². The molecule has 0 bridgehead atoms. The third-order valence-corrected chi connectivity index (χ3v) is 9.33. The topological polar surface area (TPSA) is 6.48 Å². The van der Waals surface area contributed by atoms with Gasteiger partial charge in [-0.3, -0.25) is 0 Å². The van der Waals surface area contributed by atoms with Crippen molar-refractivity contribution in [2.24, 2.45) is 0 Å². The van der Waals surface area contributed by atoms with Gasteiger partial charge in [-0.15, -0.1) is 0 Å². The van der Waals surface area contributed by atoms with Gasteiger partial charge in [0.25, 0.3) is 0 Å². The monoisotopic (exact) mass is 646 g/mol. The van der Waals surface area contributed by atoms with Crippen LogP contribution in [-0.2, 0) is 12.8 Å². The number of anilines is 6. The van der Waals surface area contributed by atoms with Crippen LogP contribution in [0.4, 0.5) is 47.3 Å².